The number of benzene rings is 2. The zero-order valence-corrected chi connectivity index (χ0v) is 12.9. The molecule has 0 fully saturated rings. The highest BCUT2D eigenvalue weighted by molar-refractivity contribution is 9.10. The number of ether oxygens (including phenoxy) is 2. The summed E-state index contributed by atoms with van der Waals surface area (Å²) in [7, 11) is 1.58. The van der Waals surface area contributed by atoms with E-state index in [1.165, 1.54) is 12.1 Å². The SMILES string of the molecule is COc1ccc(OCc2ccc(F)cc2C(=N)N)c(Br)c1. The predicted octanol–water partition coefficient (Wildman–Crippen LogP) is 3.46. The highest BCUT2D eigenvalue weighted by Gasteiger charge is 2.09. The molecule has 4 nitrogen and oxygen atoms in total. The zero-order valence-electron chi connectivity index (χ0n) is 11.3. The molecule has 0 unspecified atom stereocenters. The van der Waals surface area contributed by atoms with Gasteiger partial charge in [-0.25, -0.2) is 4.39 Å². The molecule has 2 aromatic rings. The number of rotatable bonds is 5. The van der Waals surface area contributed by atoms with Crippen LogP contribution in [0.3, 0.4) is 0 Å². The van der Waals surface area contributed by atoms with Gasteiger partial charge in [-0.1, -0.05) is 6.07 Å². The summed E-state index contributed by atoms with van der Waals surface area (Å²) in [6.45, 7) is 0.181. The molecule has 0 aliphatic carbocycles. The molecule has 0 aliphatic rings. The molecule has 110 valence electrons. The van der Waals surface area contributed by atoms with Gasteiger partial charge in [0.2, 0.25) is 0 Å². The van der Waals surface area contributed by atoms with Crippen LogP contribution in [0.1, 0.15) is 11.1 Å². The van der Waals surface area contributed by atoms with E-state index in [2.05, 4.69) is 15.9 Å². The molecule has 0 saturated carbocycles. The van der Waals surface area contributed by atoms with E-state index in [1.807, 2.05) is 0 Å². The number of nitrogens with one attached hydrogen (secondary N) is 1. The molecule has 0 bridgehead atoms. The van der Waals surface area contributed by atoms with Gasteiger partial charge in [0.15, 0.2) is 0 Å². The highest BCUT2D eigenvalue weighted by Crippen LogP contribution is 2.30. The minimum absolute atomic E-state index is 0.181. The molecule has 0 saturated heterocycles. The molecule has 2 aromatic carbocycles. The van der Waals surface area contributed by atoms with Crippen molar-refractivity contribution >= 4 is 21.8 Å². The summed E-state index contributed by atoms with van der Waals surface area (Å²) in [5, 5.41) is 7.48. The Hall–Kier alpha value is -2.08. The first kappa shape index (κ1) is 15.3. The lowest BCUT2D eigenvalue weighted by Gasteiger charge is -2.12. The van der Waals surface area contributed by atoms with Crippen molar-refractivity contribution in [2.24, 2.45) is 5.73 Å². The number of methoxy groups -OCH3 is 1. The summed E-state index contributed by atoms with van der Waals surface area (Å²) >= 11 is 3.39. The van der Waals surface area contributed by atoms with E-state index in [-0.39, 0.29) is 12.4 Å². The maximum atomic E-state index is 13.2. The summed E-state index contributed by atoms with van der Waals surface area (Å²) in [6.07, 6.45) is 0. The maximum Gasteiger partial charge on any atom is 0.134 e. The fraction of sp³-hybridized carbons (Fsp3) is 0.133. The molecular weight excluding hydrogens is 339 g/mol. The third-order valence-corrected chi connectivity index (χ3v) is 3.50. The van der Waals surface area contributed by atoms with Crippen molar-refractivity contribution in [2.45, 2.75) is 6.61 Å². The van der Waals surface area contributed by atoms with E-state index < -0.39 is 5.82 Å². The Morgan fingerprint density at radius 2 is 2.05 bits per heavy atom. The number of hydrogen-bond donors (Lipinski definition) is 2. The summed E-state index contributed by atoms with van der Waals surface area (Å²) in [5.74, 6) is 0.700. The molecule has 6 heteroatoms. The van der Waals surface area contributed by atoms with Crippen LogP contribution in [-0.4, -0.2) is 12.9 Å². The molecule has 0 aromatic heterocycles. The maximum absolute atomic E-state index is 13.2. The quantitative estimate of drug-likeness (QED) is 0.639. The van der Waals surface area contributed by atoms with Crippen molar-refractivity contribution in [1.82, 2.24) is 0 Å². The lowest BCUT2D eigenvalue weighted by atomic mass is 10.1. The van der Waals surface area contributed by atoms with Crippen molar-refractivity contribution < 1.29 is 13.9 Å². The van der Waals surface area contributed by atoms with E-state index in [0.29, 0.717) is 22.6 Å². The van der Waals surface area contributed by atoms with Gasteiger partial charge in [0.05, 0.1) is 11.6 Å². The topological polar surface area (TPSA) is 68.3 Å². The first-order valence-electron chi connectivity index (χ1n) is 6.10. The van der Waals surface area contributed by atoms with E-state index in [9.17, 15) is 4.39 Å². The van der Waals surface area contributed by atoms with Crippen LogP contribution in [0.5, 0.6) is 11.5 Å². The second-order valence-corrected chi connectivity index (χ2v) is 5.15. The molecule has 0 amide bonds. The smallest absolute Gasteiger partial charge is 0.134 e. The van der Waals surface area contributed by atoms with Crippen LogP contribution in [-0.2, 0) is 6.61 Å². The minimum Gasteiger partial charge on any atom is -0.497 e. The van der Waals surface area contributed by atoms with Gasteiger partial charge in [0, 0.05) is 11.1 Å². The van der Waals surface area contributed by atoms with Crippen LogP contribution in [0.25, 0.3) is 0 Å². The van der Waals surface area contributed by atoms with Crippen LogP contribution in [0.2, 0.25) is 0 Å². The van der Waals surface area contributed by atoms with Gasteiger partial charge in [-0.2, -0.15) is 0 Å². The van der Waals surface area contributed by atoms with Gasteiger partial charge in [-0.05, 0) is 46.3 Å². The Labute approximate surface area is 130 Å². The molecule has 0 spiro atoms. The highest BCUT2D eigenvalue weighted by atomic mass is 79.9. The predicted molar refractivity (Wildman–Crippen MR) is 82.4 cm³/mol. The third kappa shape index (κ3) is 3.72. The first-order valence-corrected chi connectivity index (χ1v) is 6.89. The van der Waals surface area contributed by atoms with E-state index >= 15 is 0 Å². The largest absolute Gasteiger partial charge is 0.497 e. The van der Waals surface area contributed by atoms with Crippen molar-refractivity contribution in [2.75, 3.05) is 7.11 Å². The van der Waals surface area contributed by atoms with Crippen LogP contribution < -0.4 is 15.2 Å². The number of halogens is 2. The van der Waals surface area contributed by atoms with Gasteiger partial charge in [0.25, 0.3) is 0 Å². The van der Waals surface area contributed by atoms with Crippen molar-refractivity contribution in [3.63, 3.8) is 0 Å². The molecule has 3 N–H and O–H groups in total. The molecule has 0 heterocycles. The Morgan fingerprint density at radius 1 is 1.29 bits per heavy atom. The van der Waals surface area contributed by atoms with Crippen LogP contribution in [0.4, 0.5) is 4.39 Å². The van der Waals surface area contributed by atoms with Gasteiger partial charge in [-0.3, -0.25) is 5.41 Å². The minimum atomic E-state index is -0.436. The molecule has 2 rings (SSSR count). The Morgan fingerprint density at radius 3 is 2.67 bits per heavy atom. The fourth-order valence-corrected chi connectivity index (χ4v) is 2.28. The van der Waals surface area contributed by atoms with Crippen molar-refractivity contribution in [3.05, 3.63) is 57.8 Å². The molecule has 0 radical (unpaired) electrons. The average molecular weight is 353 g/mol. The number of nitrogens with two attached hydrogens (primary N) is 1. The van der Waals surface area contributed by atoms with Gasteiger partial charge in [0.1, 0.15) is 29.8 Å². The van der Waals surface area contributed by atoms with E-state index in [1.54, 1.807) is 31.4 Å². The second kappa shape index (κ2) is 6.58. The average Bonchev–Trinajstić information content (AvgIpc) is 2.46. The summed E-state index contributed by atoms with van der Waals surface area (Å²) in [5.41, 5.74) is 6.43. The number of hydrogen-bond acceptors (Lipinski definition) is 3. The molecule has 0 aliphatic heterocycles. The number of amidine groups is 1. The fourth-order valence-electron chi connectivity index (χ4n) is 1.81. The number of nitrogen functional groups attached to an aromatic ring is 1. The first-order chi connectivity index (χ1) is 10.0. The van der Waals surface area contributed by atoms with Crippen LogP contribution in [0, 0.1) is 11.2 Å². The third-order valence-electron chi connectivity index (χ3n) is 2.88. The summed E-state index contributed by atoms with van der Waals surface area (Å²) in [4.78, 5) is 0. The summed E-state index contributed by atoms with van der Waals surface area (Å²) < 4.78 is 24.7. The molecule has 21 heavy (non-hydrogen) atoms. The van der Waals surface area contributed by atoms with Crippen molar-refractivity contribution in [1.29, 1.82) is 5.41 Å². The van der Waals surface area contributed by atoms with Crippen LogP contribution >= 0.6 is 15.9 Å². The van der Waals surface area contributed by atoms with E-state index in [4.69, 9.17) is 20.6 Å². The van der Waals surface area contributed by atoms with E-state index in [0.717, 1.165) is 4.47 Å². The lowest BCUT2D eigenvalue weighted by molar-refractivity contribution is 0.303. The van der Waals surface area contributed by atoms with Gasteiger partial charge in [-0.15, -0.1) is 0 Å². The van der Waals surface area contributed by atoms with Gasteiger partial charge >= 0.3 is 0 Å². The molecular formula is C15H14BrFN2O2. The van der Waals surface area contributed by atoms with Gasteiger partial charge < -0.3 is 15.2 Å². The Balaban J connectivity index is 2.18. The van der Waals surface area contributed by atoms with Crippen LogP contribution in [0.15, 0.2) is 40.9 Å². The zero-order chi connectivity index (χ0) is 15.4. The Kier molecular flexibility index (Phi) is 4.80. The molecule has 0 atom stereocenters. The normalized spacial score (nSPS) is 10.2. The lowest BCUT2D eigenvalue weighted by Crippen LogP contribution is -2.15. The monoisotopic (exact) mass is 352 g/mol. The second-order valence-electron chi connectivity index (χ2n) is 4.30. The standard InChI is InChI=1S/C15H14BrFN2O2/c1-20-11-4-5-14(13(16)7-11)21-8-9-2-3-10(17)6-12(9)15(18)19/h2-7H,8H2,1H3,(H3,18,19). The Bertz CT molecular complexity index is 677. The van der Waals surface area contributed by atoms with Crippen molar-refractivity contribution in [3.8, 4) is 11.5 Å². The summed E-state index contributed by atoms with van der Waals surface area (Å²) in [6, 6.07) is 9.42.